The van der Waals surface area contributed by atoms with Crippen molar-refractivity contribution in [3.63, 3.8) is 0 Å². The molecule has 1 aliphatic rings. The number of aryl methyl sites for hydroxylation is 1. The number of nitrogens with zero attached hydrogens (tertiary/aromatic N) is 1. The molecule has 2 unspecified atom stereocenters. The van der Waals surface area contributed by atoms with Crippen molar-refractivity contribution in [2.75, 3.05) is 7.11 Å². The first kappa shape index (κ1) is 11.7. The normalized spacial score (nSPS) is 22.6. The Labute approximate surface area is 97.0 Å². The van der Waals surface area contributed by atoms with E-state index in [2.05, 4.69) is 23.9 Å². The van der Waals surface area contributed by atoms with Crippen LogP contribution in [0.1, 0.15) is 43.4 Å². The van der Waals surface area contributed by atoms with E-state index in [0.29, 0.717) is 0 Å². The molecule has 2 rings (SSSR count). The Morgan fingerprint density at radius 2 is 2.31 bits per heavy atom. The SMILES string of the molecule is COC(C)Cn1cc2c(c1)C(O)CCCC2. The van der Waals surface area contributed by atoms with E-state index in [-0.39, 0.29) is 12.2 Å². The second kappa shape index (κ2) is 5.02. The molecule has 1 aliphatic carbocycles. The summed E-state index contributed by atoms with van der Waals surface area (Å²) in [5, 5.41) is 10.0. The Morgan fingerprint density at radius 3 is 3.06 bits per heavy atom. The fourth-order valence-corrected chi connectivity index (χ4v) is 2.37. The zero-order valence-corrected chi connectivity index (χ0v) is 10.1. The predicted molar refractivity (Wildman–Crippen MR) is 63.4 cm³/mol. The molecular weight excluding hydrogens is 202 g/mol. The summed E-state index contributed by atoms with van der Waals surface area (Å²) in [6, 6.07) is 0. The average molecular weight is 223 g/mol. The molecule has 1 aromatic heterocycles. The first-order valence-corrected chi connectivity index (χ1v) is 6.10. The van der Waals surface area contributed by atoms with Gasteiger partial charge in [-0.3, -0.25) is 0 Å². The van der Waals surface area contributed by atoms with Gasteiger partial charge in [-0.1, -0.05) is 6.42 Å². The molecule has 0 fully saturated rings. The van der Waals surface area contributed by atoms with Crippen LogP contribution in [0.5, 0.6) is 0 Å². The third-order valence-electron chi connectivity index (χ3n) is 3.40. The lowest BCUT2D eigenvalue weighted by Gasteiger charge is -2.10. The molecule has 1 N–H and O–H groups in total. The Kier molecular flexibility index (Phi) is 3.66. The van der Waals surface area contributed by atoms with Gasteiger partial charge < -0.3 is 14.4 Å². The van der Waals surface area contributed by atoms with Crippen molar-refractivity contribution < 1.29 is 9.84 Å². The molecule has 0 bridgehead atoms. The lowest BCUT2D eigenvalue weighted by Crippen LogP contribution is -2.13. The smallest absolute Gasteiger partial charge is 0.0807 e. The second-order valence-electron chi connectivity index (χ2n) is 4.74. The summed E-state index contributed by atoms with van der Waals surface area (Å²) in [6.07, 6.45) is 8.51. The number of ether oxygens (including phenoxy) is 1. The van der Waals surface area contributed by atoms with Crippen molar-refractivity contribution in [1.82, 2.24) is 4.57 Å². The van der Waals surface area contributed by atoms with E-state index >= 15 is 0 Å². The molecule has 0 saturated carbocycles. The maximum Gasteiger partial charge on any atom is 0.0807 e. The van der Waals surface area contributed by atoms with Crippen molar-refractivity contribution in [1.29, 1.82) is 0 Å². The fraction of sp³-hybridized carbons (Fsp3) is 0.692. The summed E-state index contributed by atoms with van der Waals surface area (Å²) in [4.78, 5) is 0. The van der Waals surface area contributed by atoms with Gasteiger partial charge in [-0.2, -0.15) is 0 Å². The molecule has 0 radical (unpaired) electrons. The molecule has 0 aliphatic heterocycles. The van der Waals surface area contributed by atoms with E-state index in [1.165, 1.54) is 12.0 Å². The molecule has 0 amide bonds. The van der Waals surface area contributed by atoms with Crippen LogP contribution >= 0.6 is 0 Å². The van der Waals surface area contributed by atoms with Gasteiger partial charge in [-0.15, -0.1) is 0 Å². The van der Waals surface area contributed by atoms with Gasteiger partial charge in [0.1, 0.15) is 0 Å². The molecule has 0 saturated heterocycles. The minimum Gasteiger partial charge on any atom is -0.388 e. The highest BCUT2D eigenvalue weighted by Crippen LogP contribution is 2.29. The molecule has 0 aromatic carbocycles. The summed E-state index contributed by atoms with van der Waals surface area (Å²) in [5.74, 6) is 0. The third kappa shape index (κ3) is 2.47. The van der Waals surface area contributed by atoms with Gasteiger partial charge in [-0.25, -0.2) is 0 Å². The van der Waals surface area contributed by atoms with Gasteiger partial charge in [0, 0.05) is 31.6 Å². The lowest BCUT2D eigenvalue weighted by molar-refractivity contribution is 0.103. The van der Waals surface area contributed by atoms with Crippen LogP contribution in [0.15, 0.2) is 12.4 Å². The zero-order valence-electron chi connectivity index (χ0n) is 10.1. The minimum absolute atomic E-state index is 0.216. The van der Waals surface area contributed by atoms with E-state index < -0.39 is 0 Å². The Hall–Kier alpha value is -0.800. The van der Waals surface area contributed by atoms with Crippen LogP contribution in [0.4, 0.5) is 0 Å². The van der Waals surface area contributed by atoms with E-state index in [4.69, 9.17) is 4.74 Å². The number of methoxy groups -OCH3 is 1. The molecule has 16 heavy (non-hydrogen) atoms. The van der Waals surface area contributed by atoms with Crippen molar-refractivity contribution in [3.8, 4) is 0 Å². The lowest BCUT2D eigenvalue weighted by atomic mass is 10.1. The van der Waals surface area contributed by atoms with Crippen LogP contribution in [0.3, 0.4) is 0 Å². The summed E-state index contributed by atoms with van der Waals surface area (Å²) in [5.41, 5.74) is 2.44. The van der Waals surface area contributed by atoms with Gasteiger partial charge >= 0.3 is 0 Å². The number of aliphatic hydroxyl groups is 1. The number of rotatable bonds is 3. The van der Waals surface area contributed by atoms with Crippen LogP contribution in [-0.2, 0) is 17.7 Å². The van der Waals surface area contributed by atoms with E-state index in [1.54, 1.807) is 7.11 Å². The largest absolute Gasteiger partial charge is 0.388 e. The van der Waals surface area contributed by atoms with E-state index in [1.807, 2.05) is 0 Å². The van der Waals surface area contributed by atoms with Gasteiger partial charge in [0.15, 0.2) is 0 Å². The van der Waals surface area contributed by atoms with E-state index in [9.17, 15) is 5.11 Å². The predicted octanol–water partition coefficient (Wildman–Crippen LogP) is 2.28. The monoisotopic (exact) mass is 223 g/mol. The summed E-state index contributed by atoms with van der Waals surface area (Å²) in [7, 11) is 1.73. The molecule has 3 nitrogen and oxygen atoms in total. The van der Waals surface area contributed by atoms with E-state index in [0.717, 1.165) is 31.4 Å². The van der Waals surface area contributed by atoms with Gasteiger partial charge in [0.25, 0.3) is 0 Å². The number of hydrogen-bond acceptors (Lipinski definition) is 2. The molecule has 1 heterocycles. The quantitative estimate of drug-likeness (QED) is 0.798. The topological polar surface area (TPSA) is 34.4 Å². The van der Waals surface area contributed by atoms with Crippen molar-refractivity contribution in [3.05, 3.63) is 23.5 Å². The van der Waals surface area contributed by atoms with Crippen LogP contribution in [0.2, 0.25) is 0 Å². The molecule has 0 spiro atoms. The maximum atomic E-state index is 10.0. The maximum absolute atomic E-state index is 10.0. The standard InChI is InChI=1S/C13H21NO2/c1-10(16-2)7-14-8-11-5-3-4-6-13(15)12(11)9-14/h8-10,13,15H,3-7H2,1-2H3. The summed E-state index contributed by atoms with van der Waals surface area (Å²) < 4.78 is 7.40. The Balaban J connectivity index is 2.15. The number of fused-ring (bicyclic) bond motifs is 1. The number of aromatic nitrogens is 1. The molecule has 2 atom stereocenters. The zero-order chi connectivity index (χ0) is 11.5. The summed E-state index contributed by atoms with van der Waals surface area (Å²) in [6.45, 7) is 2.91. The Bertz CT molecular complexity index is 346. The highest BCUT2D eigenvalue weighted by Gasteiger charge is 2.18. The van der Waals surface area contributed by atoms with Gasteiger partial charge in [0.2, 0.25) is 0 Å². The molecular formula is C13H21NO2. The second-order valence-corrected chi connectivity index (χ2v) is 4.74. The fourth-order valence-electron chi connectivity index (χ4n) is 2.37. The molecule has 3 heteroatoms. The van der Waals surface area contributed by atoms with Crippen LogP contribution in [0, 0.1) is 0 Å². The minimum atomic E-state index is -0.267. The molecule has 1 aromatic rings. The Morgan fingerprint density at radius 1 is 1.50 bits per heavy atom. The van der Waals surface area contributed by atoms with Crippen LogP contribution < -0.4 is 0 Å². The van der Waals surface area contributed by atoms with Gasteiger partial charge in [-0.05, 0) is 31.7 Å². The third-order valence-corrected chi connectivity index (χ3v) is 3.40. The van der Waals surface area contributed by atoms with Crippen molar-refractivity contribution in [2.45, 2.75) is 51.4 Å². The van der Waals surface area contributed by atoms with Crippen LogP contribution in [0.25, 0.3) is 0 Å². The van der Waals surface area contributed by atoms with Gasteiger partial charge in [0.05, 0.1) is 12.2 Å². The average Bonchev–Trinajstić information content (AvgIpc) is 2.59. The summed E-state index contributed by atoms with van der Waals surface area (Å²) >= 11 is 0. The highest BCUT2D eigenvalue weighted by molar-refractivity contribution is 5.28. The van der Waals surface area contributed by atoms with Crippen molar-refractivity contribution >= 4 is 0 Å². The first-order valence-electron chi connectivity index (χ1n) is 6.10. The van der Waals surface area contributed by atoms with Crippen LogP contribution in [-0.4, -0.2) is 22.9 Å². The first-order chi connectivity index (χ1) is 7.70. The highest BCUT2D eigenvalue weighted by atomic mass is 16.5. The number of aliphatic hydroxyl groups excluding tert-OH is 1. The number of hydrogen-bond donors (Lipinski definition) is 1. The molecule has 90 valence electrons. The van der Waals surface area contributed by atoms with Crippen molar-refractivity contribution in [2.24, 2.45) is 0 Å².